The summed E-state index contributed by atoms with van der Waals surface area (Å²) in [4.78, 5) is 3.99. The highest BCUT2D eigenvalue weighted by atomic mass is 35.5. The molecule has 0 saturated heterocycles. The minimum Gasteiger partial charge on any atom is -0.380 e. The lowest BCUT2D eigenvalue weighted by Gasteiger charge is -2.14. The van der Waals surface area contributed by atoms with Crippen molar-refractivity contribution in [2.75, 3.05) is 5.32 Å². The van der Waals surface area contributed by atoms with Gasteiger partial charge in [0.05, 0.1) is 22.5 Å². The molecule has 1 aliphatic carbocycles. The van der Waals surface area contributed by atoms with Crippen molar-refractivity contribution in [1.29, 1.82) is 5.26 Å². The highest BCUT2D eigenvalue weighted by molar-refractivity contribution is 6.32. The van der Waals surface area contributed by atoms with Crippen LogP contribution in [0.25, 0.3) is 0 Å². The van der Waals surface area contributed by atoms with E-state index in [1.54, 1.807) is 6.20 Å². The van der Waals surface area contributed by atoms with Gasteiger partial charge in [0, 0.05) is 12.2 Å². The van der Waals surface area contributed by atoms with E-state index < -0.39 is 0 Å². The van der Waals surface area contributed by atoms with Crippen LogP contribution >= 0.6 is 11.6 Å². The summed E-state index contributed by atoms with van der Waals surface area (Å²) in [6, 6.07) is 2.57. The molecule has 0 spiro atoms. The summed E-state index contributed by atoms with van der Waals surface area (Å²) in [5.74, 6) is 0. The fourth-order valence-electron chi connectivity index (χ4n) is 1.95. The first-order chi connectivity index (χ1) is 7.31. The molecule has 1 saturated carbocycles. The minimum absolute atomic E-state index is 0.417. The van der Waals surface area contributed by atoms with Crippen molar-refractivity contribution in [1.82, 2.24) is 4.98 Å². The molecule has 1 aliphatic rings. The van der Waals surface area contributed by atoms with Gasteiger partial charge in [-0.15, -0.1) is 0 Å². The summed E-state index contributed by atoms with van der Waals surface area (Å²) in [5, 5.41) is 12.7. The van der Waals surface area contributed by atoms with Gasteiger partial charge < -0.3 is 5.32 Å². The molecule has 2 rings (SSSR count). The number of anilines is 1. The van der Waals surface area contributed by atoms with Crippen LogP contribution in [0.2, 0.25) is 5.02 Å². The highest BCUT2D eigenvalue weighted by Gasteiger charge is 2.16. The number of rotatable bonds is 2. The molecule has 1 fully saturated rings. The number of pyridine rings is 1. The molecule has 78 valence electrons. The minimum atomic E-state index is 0.417. The first-order valence-corrected chi connectivity index (χ1v) is 5.49. The van der Waals surface area contributed by atoms with Crippen LogP contribution in [-0.4, -0.2) is 11.0 Å². The quantitative estimate of drug-likeness (QED) is 0.835. The standard InChI is InChI=1S/C11H12ClN3/c12-10-6-14-7-11(9(10)5-13)15-8-3-1-2-4-8/h6-8,15H,1-4H2. The molecule has 1 N–H and O–H groups in total. The van der Waals surface area contributed by atoms with Crippen molar-refractivity contribution in [3.63, 3.8) is 0 Å². The fraction of sp³-hybridized carbons (Fsp3) is 0.455. The Balaban J connectivity index is 2.20. The summed E-state index contributed by atoms with van der Waals surface area (Å²) in [6.45, 7) is 0. The Morgan fingerprint density at radius 3 is 2.80 bits per heavy atom. The van der Waals surface area contributed by atoms with Crippen LogP contribution in [-0.2, 0) is 0 Å². The van der Waals surface area contributed by atoms with Gasteiger partial charge in [-0.25, -0.2) is 0 Å². The Bertz CT molecular complexity index is 391. The SMILES string of the molecule is N#Cc1c(Cl)cncc1NC1CCCC1. The summed E-state index contributed by atoms with van der Waals surface area (Å²) in [5.41, 5.74) is 1.26. The van der Waals surface area contributed by atoms with E-state index in [-0.39, 0.29) is 0 Å². The predicted octanol–water partition coefficient (Wildman–Crippen LogP) is 2.96. The van der Waals surface area contributed by atoms with E-state index in [2.05, 4.69) is 16.4 Å². The maximum Gasteiger partial charge on any atom is 0.103 e. The zero-order chi connectivity index (χ0) is 10.7. The summed E-state index contributed by atoms with van der Waals surface area (Å²) < 4.78 is 0. The first-order valence-electron chi connectivity index (χ1n) is 5.11. The second-order valence-electron chi connectivity index (χ2n) is 3.78. The average Bonchev–Trinajstić information content (AvgIpc) is 2.71. The van der Waals surface area contributed by atoms with E-state index in [1.165, 1.54) is 19.0 Å². The molecular weight excluding hydrogens is 210 g/mol. The third-order valence-corrected chi connectivity index (χ3v) is 3.01. The van der Waals surface area contributed by atoms with Crippen molar-refractivity contribution < 1.29 is 0 Å². The number of nitrogens with one attached hydrogen (secondary N) is 1. The maximum atomic E-state index is 8.97. The molecule has 0 bridgehead atoms. The first kappa shape index (κ1) is 10.3. The molecular formula is C11H12ClN3. The van der Waals surface area contributed by atoms with Crippen LogP contribution in [0.3, 0.4) is 0 Å². The van der Waals surface area contributed by atoms with Crippen LogP contribution < -0.4 is 5.32 Å². The molecule has 0 radical (unpaired) electrons. The molecule has 0 aromatic carbocycles. The summed E-state index contributed by atoms with van der Waals surface area (Å²) in [7, 11) is 0. The summed E-state index contributed by atoms with van der Waals surface area (Å²) >= 11 is 5.89. The maximum absolute atomic E-state index is 8.97. The molecule has 1 heterocycles. The molecule has 1 aromatic heterocycles. The van der Waals surface area contributed by atoms with Crippen molar-refractivity contribution in [3.05, 3.63) is 23.0 Å². The molecule has 3 nitrogen and oxygen atoms in total. The number of hydrogen-bond acceptors (Lipinski definition) is 3. The van der Waals surface area contributed by atoms with Gasteiger partial charge in [0.15, 0.2) is 0 Å². The Morgan fingerprint density at radius 2 is 2.13 bits per heavy atom. The molecule has 0 unspecified atom stereocenters. The molecule has 4 heteroatoms. The number of aromatic nitrogens is 1. The largest absolute Gasteiger partial charge is 0.380 e. The summed E-state index contributed by atoms with van der Waals surface area (Å²) in [6.07, 6.45) is 8.01. The lowest BCUT2D eigenvalue weighted by Crippen LogP contribution is -2.15. The van der Waals surface area contributed by atoms with Crippen LogP contribution in [0.4, 0.5) is 5.69 Å². The number of halogens is 1. The topological polar surface area (TPSA) is 48.7 Å². The molecule has 1 aromatic rings. The average molecular weight is 222 g/mol. The van der Waals surface area contributed by atoms with Gasteiger partial charge in [-0.2, -0.15) is 5.26 Å². The van der Waals surface area contributed by atoms with Crippen LogP contribution in [0.1, 0.15) is 31.2 Å². The van der Waals surface area contributed by atoms with E-state index in [1.807, 2.05) is 0 Å². The Labute approximate surface area is 94.1 Å². The number of nitrogens with zero attached hydrogens (tertiary/aromatic N) is 2. The van der Waals surface area contributed by atoms with Crippen LogP contribution in [0.15, 0.2) is 12.4 Å². The van der Waals surface area contributed by atoms with Gasteiger partial charge in [-0.05, 0) is 12.8 Å². The van der Waals surface area contributed by atoms with Gasteiger partial charge in [-0.3, -0.25) is 4.98 Å². The van der Waals surface area contributed by atoms with Gasteiger partial charge in [-0.1, -0.05) is 24.4 Å². The molecule has 0 amide bonds. The second kappa shape index (κ2) is 4.50. The highest BCUT2D eigenvalue weighted by Crippen LogP contribution is 2.26. The van der Waals surface area contributed by atoms with Gasteiger partial charge in [0.2, 0.25) is 0 Å². The lowest BCUT2D eigenvalue weighted by molar-refractivity contribution is 0.754. The van der Waals surface area contributed by atoms with Crippen molar-refractivity contribution >= 4 is 17.3 Å². The third-order valence-electron chi connectivity index (χ3n) is 2.73. The van der Waals surface area contributed by atoms with E-state index in [9.17, 15) is 0 Å². The lowest BCUT2D eigenvalue weighted by atomic mass is 10.2. The van der Waals surface area contributed by atoms with Crippen molar-refractivity contribution in [3.8, 4) is 6.07 Å². The molecule has 0 atom stereocenters. The van der Waals surface area contributed by atoms with Crippen LogP contribution in [0, 0.1) is 11.3 Å². The van der Waals surface area contributed by atoms with Gasteiger partial charge >= 0.3 is 0 Å². The monoisotopic (exact) mass is 221 g/mol. The zero-order valence-corrected chi connectivity index (χ0v) is 9.09. The zero-order valence-electron chi connectivity index (χ0n) is 8.33. The molecule has 15 heavy (non-hydrogen) atoms. The predicted molar refractivity (Wildman–Crippen MR) is 59.8 cm³/mol. The van der Waals surface area contributed by atoms with Crippen molar-refractivity contribution in [2.45, 2.75) is 31.7 Å². The third kappa shape index (κ3) is 2.21. The number of hydrogen-bond donors (Lipinski definition) is 1. The Hall–Kier alpha value is -1.27. The van der Waals surface area contributed by atoms with E-state index >= 15 is 0 Å². The van der Waals surface area contributed by atoms with Gasteiger partial charge in [0.1, 0.15) is 6.07 Å². The smallest absolute Gasteiger partial charge is 0.103 e. The van der Waals surface area contributed by atoms with E-state index in [4.69, 9.17) is 16.9 Å². The Morgan fingerprint density at radius 1 is 1.40 bits per heavy atom. The second-order valence-corrected chi connectivity index (χ2v) is 4.19. The molecule has 0 aliphatic heterocycles. The van der Waals surface area contributed by atoms with Crippen molar-refractivity contribution in [2.24, 2.45) is 0 Å². The van der Waals surface area contributed by atoms with Gasteiger partial charge in [0.25, 0.3) is 0 Å². The number of nitriles is 1. The van der Waals surface area contributed by atoms with Crippen LogP contribution in [0.5, 0.6) is 0 Å². The van der Waals surface area contributed by atoms with E-state index in [0.717, 1.165) is 18.5 Å². The fourth-order valence-corrected chi connectivity index (χ4v) is 2.15. The van der Waals surface area contributed by atoms with E-state index in [0.29, 0.717) is 16.6 Å². The Kier molecular flexibility index (Phi) is 3.08. The normalized spacial score (nSPS) is 16.3.